The van der Waals surface area contributed by atoms with Crippen LogP contribution in [-0.2, 0) is 5.41 Å². The van der Waals surface area contributed by atoms with Crippen LogP contribution in [0.4, 0.5) is 0 Å². The Morgan fingerprint density at radius 2 is 1.95 bits per heavy atom. The van der Waals surface area contributed by atoms with Crippen LogP contribution < -0.4 is 15.2 Å². The van der Waals surface area contributed by atoms with Gasteiger partial charge in [0.1, 0.15) is 6.10 Å². The van der Waals surface area contributed by atoms with Gasteiger partial charge in [-0.2, -0.15) is 0 Å². The zero-order valence-electron chi connectivity index (χ0n) is 14.0. The summed E-state index contributed by atoms with van der Waals surface area (Å²) in [6.07, 6.45) is 4.70. The summed E-state index contributed by atoms with van der Waals surface area (Å²) in [7, 11) is 3.90. The molecule has 0 aromatic heterocycles. The van der Waals surface area contributed by atoms with E-state index in [0.717, 1.165) is 50.3 Å². The van der Waals surface area contributed by atoms with Crippen molar-refractivity contribution in [1.29, 1.82) is 0 Å². The van der Waals surface area contributed by atoms with Crippen molar-refractivity contribution in [2.45, 2.75) is 50.2 Å². The van der Waals surface area contributed by atoms with Crippen molar-refractivity contribution in [1.82, 2.24) is 4.90 Å². The summed E-state index contributed by atoms with van der Waals surface area (Å²) in [6.45, 7) is 4.28. The molecule has 1 aliphatic carbocycles. The molecule has 1 heterocycles. The van der Waals surface area contributed by atoms with Crippen LogP contribution in [0.3, 0.4) is 0 Å². The highest BCUT2D eigenvalue weighted by molar-refractivity contribution is 5.53. The summed E-state index contributed by atoms with van der Waals surface area (Å²) in [4.78, 5) is 2.35. The summed E-state index contributed by atoms with van der Waals surface area (Å²) < 4.78 is 12.0. The van der Waals surface area contributed by atoms with Gasteiger partial charge in [-0.15, -0.1) is 0 Å². The number of ether oxygens (including phenoxy) is 2. The first-order chi connectivity index (χ1) is 10.6. The highest BCUT2D eigenvalue weighted by Gasteiger charge is 2.49. The molecule has 2 aliphatic rings. The predicted molar refractivity (Wildman–Crippen MR) is 88.7 cm³/mol. The molecule has 1 saturated carbocycles. The van der Waals surface area contributed by atoms with Gasteiger partial charge in [0.2, 0.25) is 0 Å². The molecule has 0 spiro atoms. The van der Waals surface area contributed by atoms with Gasteiger partial charge in [-0.25, -0.2) is 0 Å². The molecule has 1 atom stereocenters. The van der Waals surface area contributed by atoms with E-state index in [2.05, 4.69) is 31.0 Å². The third kappa shape index (κ3) is 2.82. The van der Waals surface area contributed by atoms with E-state index >= 15 is 0 Å². The third-order valence-corrected chi connectivity index (χ3v) is 5.34. The number of hydrogen-bond donors (Lipinski definition) is 1. The molecule has 1 aromatic rings. The number of para-hydroxylation sites is 1. The van der Waals surface area contributed by atoms with Gasteiger partial charge in [-0.1, -0.05) is 12.1 Å². The molecule has 1 aromatic carbocycles. The summed E-state index contributed by atoms with van der Waals surface area (Å²) in [5.41, 5.74) is 7.53. The van der Waals surface area contributed by atoms with Crippen LogP contribution in [0.25, 0.3) is 0 Å². The number of nitrogens with two attached hydrogens (primary N) is 1. The van der Waals surface area contributed by atoms with Crippen LogP contribution in [0.15, 0.2) is 18.2 Å². The molecule has 0 amide bonds. The van der Waals surface area contributed by atoms with Gasteiger partial charge in [-0.05, 0) is 45.7 Å². The van der Waals surface area contributed by atoms with Crippen LogP contribution in [0.1, 0.15) is 38.2 Å². The first kappa shape index (κ1) is 15.6. The highest BCUT2D eigenvalue weighted by Crippen LogP contribution is 2.55. The number of likely N-dealkylation sites (tertiary alicyclic amines) is 1. The molecular weight excluding hydrogens is 276 g/mol. The lowest BCUT2D eigenvalue weighted by atomic mass is 9.88. The van der Waals surface area contributed by atoms with Crippen molar-refractivity contribution in [2.24, 2.45) is 5.73 Å². The van der Waals surface area contributed by atoms with Gasteiger partial charge in [0.05, 0.1) is 7.11 Å². The fraction of sp³-hybridized carbons (Fsp3) is 0.667. The number of piperidine rings is 1. The lowest BCUT2D eigenvalue weighted by Gasteiger charge is -2.30. The second-order valence-electron chi connectivity index (χ2n) is 6.90. The Hall–Kier alpha value is -1.26. The highest BCUT2D eigenvalue weighted by atomic mass is 16.5. The Kier molecular flexibility index (Phi) is 4.33. The maximum atomic E-state index is 6.28. The minimum atomic E-state index is 0.0808. The monoisotopic (exact) mass is 304 g/mol. The summed E-state index contributed by atoms with van der Waals surface area (Å²) in [5, 5.41) is 0. The average Bonchev–Trinajstić information content (AvgIpc) is 3.31. The largest absolute Gasteiger partial charge is 0.493 e. The third-order valence-electron chi connectivity index (χ3n) is 5.34. The zero-order valence-corrected chi connectivity index (χ0v) is 14.0. The average molecular weight is 304 g/mol. The molecule has 1 unspecified atom stereocenters. The SMILES string of the molecule is COc1c(OC2CCN(C)CC2)cccc1C1(C(C)N)CC1. The maximum Gasteiger partial charge on any atom is 0.164 e. The van der Waals surface area contributed by atoms with Crippen LogP contribution in [0, 0.1) is 0 Å². The maximum absolute atomic E-state index is 6.28. The summed E-state index contributed by atoms with van der Waals surface area (Å²) >= 11 is 0. The number of methoxy groups -OCH3 is 1. The molecule has 0 radical (unpaired) electrons. The number of hydrogen-bond acceptors (Lipinski definition) is 4. The molecule has 2 fully saturated rings. The fourth-order valence-electron chi connectivity index (χ4n) is 3.60. The van der Waals surface area contributed by atoms with Gasteiger partial charge < -0.3 is 20.1 Å². The second-order valence-corrected chi connectivity index (χ2v) is 6.90. The van der Waals surface area contributed by atoms with E-state index in [9.17, 15) is 0 Å². The molecule has 3 rings (SSSR count). The Labute approximate surface area is 133 Å². The summed E-state index contributed by atoms with van der Waals surface area (Å²) in [5.74, 6) is 1.76. The molecule has 22 heavy (non-hydrogen) atoms. The second kappa shape index (κ2) is 6.09. The molecule has 1 saturated heterocycles. The van der Waals surface area contributed by atoms with Gasteiger partial charge in [0.15, 0.2) is 11.5 Å². The van der Waals surface area contributed by atoms with Crippen LogP contribution in [-0.4, -0.2) is 44.3 Å². The first-order valence-electron chi connectivity index (χ1n) is 8.35. The van der Waals surface area contributed by atoms with Crippen LogP contribution in [0.2, 0.25) is 0 Å². The van der Waals surface area contributed by atoms with E-state index in [1.165, 1.54) is 5.56 Å². The van der Waals surface area contributed by atoms with Gasteiger partial charge in [0.25, 0.3) is 0 Å². The van der Waals surface area contributed by atoms with E-state index < -0.39 is 0 Å². The Morgan fingerprint density at radius 1 is 1.27 bits per heavy atom. The Balaban J connectivity index is 1.83. The van der Waals surface area contributed by atoms with Gasteiger partial charge >= 0.3 is 0 Å². The van der Waals surface area contributed by atoms with E-state index in [-0.39, 0.29) is 17.6 Å². The quantitative estimate of drug-likeness (QED) is 0.908. The van der Waals surface area contributed by atoms with Crippen LogP contribution in [0.5, 0.6) is 11.5 Å². The Bertz CT molecular complexity index is 518. The number of rotatable bonds is 5. The minimum Gasteiger partial charge on any atom is -0.493 e. The molecular formula is C18H28N2O2. The molecule has 0 bridgehead atoms. The van der Waals surface area contributed by atoms with E-state index in [4.69, 9.17) is 15.2 Å². The smallest absolute Gasteiger partial charge is 0.164 e. The van der Waals surface area contributed by atoms with Crippen molar-refractivity contribution in [3.05, 3.63) is 23.8 Å². The fourth-order valence-corrected chi connectivity index (χ4v) is 3.60. The first-order valence-corrected chi connectivity index (χ1v) is 8.35. The topological polar surface area (TPSA) is 47.7 Å². The molecule has 1 aliphatic heterocycles. The lowest BCUT2D eigenvalue weighted by Crippen LogP contribution is -2.36. The summed E-state index contributed by atoms with van der Waals surface area (Å²) in [6, 6.07) is 6.39. The van der Waals surface area contributed by atoms with Crippen molar-refractivity contribution in [3.8, 4) is 11.5 Å². The van der Waals surface area contributed by atoms with Crippen molar-refractivity contribution < 1.29 is 9.47 Å². The number of benzene rings is 1. The lowest BCUT2D eigenvalue weighted by molar-refractivity contribution is 0.111. The van der Waals surface area contributed by atoms with E-state index in [1.807, 2.05) is 6.07 Å². The zero-order chi connectivity index (χ0) is 15.7. The standard InChI is InChI=1S/C18H28N2O2/c1-13(19)18(9-10-18)15-5-4-6-16(17(15)21-3)22-14-7-11-20(2)12-8-14/h4-6,13-14H,7-12,19H2,1-3H3. The predicted octanol–water partition coefficient (Wildman–Crippen LogP) is 2.55. The molecule has 122 valence electrons. The van der Waals surface area contributed by atoms with Gasteiger partial charge in [-0.3, -0.25) is 0 Å². The van der Waals surface area contributed by atoms with Crippen LogP contribution >= 0.6 is 0 Å². The van der Waals surface area contributed by atoms with E-state index in [0.29, 0.717) is 0 Å². The number of nitrogens with zero attached hydrogens (tertiary/aromatic N) is 1. The van der Waals surface area contributed by atoms with Crippen molar-refractivity contribution in [2.75, 3.05) is 27.2 Å². The minimum absolute atomic E-state index is 0.0808. The molecule has 4 nitrogen and oxygen atoms in total. The normalized spacial score (nSPS) is 23.1. The van der Waals surface area contributed by atoms with Gasteiger partial charge in [0, 0.05) is 30.1 Å². The Morgan fingerprint density at radius 3 is 2.50 bits per heavy atom. The van der Waals surface area contributed by atoms with Crippen molar-refractivity contribution in [3.63, 3.8) is 0 Å². The van der Waals surface area contributed by atoms with Crippen molar-refractivity contribution >= 4 is 0 Å². The molecule has 4 heteroatoms. The van der Waals surface area contributed by atoms with E-state index in [1.54, 1.807) is 7.11 Å². The molecule has 2 N–H and O–H groups in total.